The van der Waals surface area contributed by atoms with Crippen LogP contribution in [-0.2, 0) is 0 Å². The van der Waals surface area contributed by atoms with Crippen LogP contribution in [-0.4, -0.2) is 13.0 Å². The summed E-state index contributed by atoms with van der Waals surface area (Å²) in [5, 5.41) is 0. The van der Waals surface area contributed by atoms with E-state index in [9.17, 15) is 13.2 Å². The van der Waals surface area contributed by atoms with Crippen LogP contribution in [0.15, 0.2) is 18.2 Å². The number of hydrogen-bond donors (Lipinski definition) is 1. The molecule has 0 heterocycles. The van der Waals surface area contributed by atoms with Gasteiger partial charge in [-0.05, 0) is 36.4 Å². The van der Waals surface area contributed by atoms with Gasteiger partial charge >= 0.3 is 0 Å². The van der Waals surface area contributed by atoms with Crippen molar-refractivity contribution in [3.63, 3.8) is 0 Å². The van der Waals surface area contributed by atoms with Gasteiger partial charge in [0.05, 0.1) is 0 Å². The highest BCUT2D eigenvalue weighted by atomic mass is 35.5. The second-order valence-electron chi connectivity index (χ2n) is 3.22. The summed E-state index contributed by atoms with van der Waals surface area (Å²) in [4.78, 5) is 2.44. The number of alkyl halides is 2. The molecule has 0 radical (unpaired) electrons. The zero-order chi connectivity index (χ0) is 12.1. The van der Waals surface area contributed by atoms with Gasteiger partial charge in [-0.1, -0.05) is 6.07 Å². The molecule has 1 aromatic carbocycles. The zero-order valence-corrected chi connectivity index (χ0v) is 9.27. The number of ether oxygens (including phenoxy) is 1. The fourth-order valence-corrected chi connectivity index (χ4v) is 1.24. The van der Waals surface area contributed by atoms with E-state index in [0.29, 0.717) is 5.56 Å². The van der Waals surface area contributed by atoms with Gasteiger partial charge in [-0.15, -0.1) is 0 Å². The van der Waals surface area contributed by atoms with Crippen molar-refractivity contribution in [2.45, 2.75) is 19.4 Å². The van der Waals surface area contributed by atoms with Gasteiger partial charge in [0.1, 0.15) is 6.61 Å². The molecule has 0 aliphatic heterocycles. The monoisotopic (exact) mass is 253 g/mol. The van der Waals surface area contributed by atoms with Gasteiger partial charge in [0.15, 0.2) is 11.6 Å². The van der Waals surface area contributed by atoms with Crippen molar-refractivity contribution < 1.29 is 17.9 Å². The summed E-state index contributed by atoms with van der Waals surface area (Å²) in [7, 11) is 0. The van der Waals surface area contributed by atoms with Crippen LogP contribution in [0.3, 0.4) is 0 Å². The first-order chi connectivity index (χ1) is 7.54. The average Bonchev–Trinajstić information content (AvgIpc) is 2.26. The molecule has 0 aromatic heterocycles. The van der Waals surface area contributed by atoms with Gasteiger partial charge in [0.25, 0.3) is 6.43 Å². The highest BCUT2D eigenvalue weighted by molar-refractivity contribution is 6.13. The lowest BCUT2D eigenvalue weighted by molar-refractivity contribution is 0.0798. The highest BCUT2D eigenvalue weighted by Crippen LogP contribution is 2.23. The van der Waals surface area contributed by atoms with E-state index in [1.165, 1.54) is 12.1 Å². The highest BCUT2D eigenvalue weighted by Gasteiger charge is 2.11. The molecular formula is C10H11ClF3NO. The molecule has 6 heteroatoms. The Morgan fingerprint density at radius 3 is 2.69 bits per heavy atom. The summed E-state index contributed by atoms with van der Waals surface area (Å²) in [5.41, 5.74) is 0.653. The second kappa shape index (κ2) is 5.96. The van der Waals surface area contributed by atoms with E-state index in [1.807, 2.05) is 0 Å². The normalized spacial score (nSPS) is 12.9. The van der Waals surface area contributed by atoms with E-state index < -0.39 is 18.8 Å². The molecule has 0 saturated heterocycles. The molecule has 0 spiro atoms. The van der Waals surface area contributed by atoms with Gasteiger partial charge in [-0.3, -0.25) is 0 Å². The van der Waals surface area contributed by atoms with Gasteiger partial charge in [0, 0.05) is 6.04 Å². The van der Waals surface area contributed by atoms with Crippen molar-refractivity contribution in [1.82, 2.24) is 4.84 Å². The Hall–Kier alpha value is -0.940. The molecule has 0 unspecified atom stereocenters. The lowest BCUT2D eigenvalue weighted by Gasteiger charge is -2.12. The predicted molar refractivity (Wildman–Crippen MR) is 55.3 cm³/mol. The molecule has 0 fully saturated rings. The lowest BCUT2D eigenvalue weighted by Crippen LogP contribution is -2.10. The van der Waals surface area contributed by atoms with Crippen molar-refractivity contribution in [2.24, 2.45) is 0 Å². The van der Waals surface area contributed by atoms with Crippen LogP contribution < -0.4 is 9.57 Å². The summed E-state index contributed by atoms with van der Waals surface area (Å²) in [5.74, 6) is -0.872. The standard InChI is InChI=1S/C10H11ClF3NO/c1-6(15-11)7-2-3-8(12)9(4-7)16-5-10(13)14/h2-4,6,10,15H,5H2,1H3/t6-/m1/s1. The maximum Gasteiger partial charge on any atom is 0.272 e. The van der Waals surface area contributed by atoms with Crippen molar-refractivity contribution in [3.05, 3.63) is 29.6 Å². The number of hydrogen-bond acceptors (Lipinski definition) is 2. The minimum absolute atomic E-state index is 0.198. The van der Waals surface area contributed by atoms with Crippen molar-refractivity contribution in [2.75, 3.05) is 6.61 Å². The molecule has 90 valence electrons. The van der Waals surface area contributed by atoms with E-state index in [1.54, 1.807) is 6.92 Å². The third-order valence-corrected chi connectivity index (χ3v) is 2.31. The van der Waals surface area contributed by atoms with Crippen molar-refractivity contribution in [3.8, 4) is 5.75 Å². The first-order valence-corrected chi connectivity index (χ1v) is 4.99. The first-order valence-electron chi connectivity index (χ1n) is 4.61. The third kappa shape index (κ3) is 3.57. The SMILES string of the molecule is C[C@@H](NCl)c1ccc(F)c(OCC(F)F)c1. The van der Waals surface area contributed by atoms with E-state index in [-0.39, 0.29) is 11.8 Å². The van der Waals surface area contributed by atoms with Crippen molar-refractivity contribution >= 4 is 11.8 Å². The average molecular weight is 254 g/mol. The lowest BCUT2D eigenvalue weighted by atomic mass is 10.1. The summed E-state index contributed by atoms with van der Waals surface area (Å²) in [6.07, 6.45) is -2.63. The maximum absolute atomic E-state index is 13.2. The summed E-state index contributed by atoms with van der Waals surface area (Å²) < 4.78 is 41.6. The topological polar surface area (TPSA) is 21.3 Å². The first kappa shape index (κ1) is 13.1. The Morgan fingerprint density at radius 2 is 2.12 bits per heavy atom. The van der Waals surface area contributed by atoms with Gasteiger partial charge in [0.2, 0.25) is 0 Å². The van der Waals surface area contributed by atoms with Crippen LogP contribution in [0.25, 0.3) is 0 Å². The van der Waals surface area contributed by atoms with E-state index >= 15 is 0 Å². The van der Waals surface area contributed by atoms with Crippen LogP contribution in [0.5, 0.6) is 5.75 Å². The van der Waals surface area contributed by atoms with Crippen molar-refractivity contribution in [1.29, 1.82) is 0 Å². The molecule has 1 aromatic rings. The molecule has 1 N–H and O–H groups in total. The number of rotatable bonds is 5. The van der Waals surface area contributed by atoms with Gasteiger partial charge in [-0.2, -0.15) is 0 Å². The van der Waals surface area contributed by atoms with Crippen LogP contribution >= 0.6 is 11.8 Å². The molecule has 16 heavy (non-hydrogen) atoms. The Labute approximate surface area is 96.5 Å². The van der Waals surface area contributed by atoms with E-state index in [4.69, 9.17) is 11.8 Å². The fraction of sp³-hybridized carbons (Fsp3) is 0.400. The van der Waals surface area contributed by atoms with E-state index in [2.05, 4.69) is 9.57 Å². The van der Waals surface area contributed by atoms with Crippen LogP contribution in [0.1, 0.15) is 18.5 Å². The maximum atomic E-state index is 13.2. The molecule has 0 aliphatic rings. The smallest absolute Gasteiger partial charge is 0.272 e. The molecule has 2 nitrogen and oxygen atoms in total. The van der Waals surface area contributed by atoms with Crippen LogP contribution in [0.4, 0.5) is 13.2 Å². The number of nitrogens with one attached hydrogen (secondary N) is 1. The quantitative estimate of drug-likeness (QED) is 0.813. The molecule has 0 bridgehead atoms. The Balaban J connectivity index is 2.82. The molecule has 0 amide bonds. The minimum Gasteiger partial charge on any atom is -0.485 e. The summed E-state index contributed by atoms with van der Waals surface area (Å²) >= 11 is 5.40. The largest absolute Gasteiger partial charge is 0.485 e. The Morgan fingerprint density at radius 1 is 1.44 bits per heavy atom. The van der Waals surface area contributed by atoms with Gasteiger partial charge < -0.3 is 4.74 Å². The number of halogens is 4. The molecular weight excluding hydrogens is 243 g/mol. The van der Waals surface area contributed by atoms with E-state index in [0.717, 1.165) is 6.07 Å². The third-order valence-electron chi connectivity index (χ3n) is 1.98. The van der Waals surface area contributed by atoms with Crippen LogP contribution in [0, 0.1) is 5.82 Å². The minimum atomic E-state index is -2.63. The fourth-order valence-electron chi connectivity index (χ4n) is 1.12. The van der Waals surface area contributed by atoms with Crippen LogP contribution in [0.2, 0.25) is 0 Å². The Kier molecular flexibility index (Phi) is 4.89. The molecule has 0 aliphatic carbocycles. The zero-order valence-electron chi connectivity index (χ0n) is 8.51. The summed E-state index contributed by atoms with van der Waals surface area (Å²) in [6, 6.07) is 3.78. The second-order valence-corrected chi connectivity index (χ2v) is 3.44. The Bertz CT molecular complexity index is 349. The molecule has 1 rings (SSSR count). The molecule has 1 atom stereocenters. The molecule has 0 saturated carbocycles. The van der Waals surface area contributed by atoms with Gasteiger partial charge in [-0.25, -0.2) is 18.0 Å². The summed E-state index contributed by atoms with van der Waals surface area (Å²) in [6.45, 7) is 0.917. The predicted octanol–water partition coefficient (Wildman–Crippen LogP) is 3.27. The number of benzene rings is 1.